The molecule has 162 valence electrons. The van der Waals surface area contributed by atoms with E-state index in [0.717, 1.165) is 27.6 Å². The molecule has 1 fully saturated rings. The number of hydrogen-bond donors (Lipinski definition) is 0. The molecule has 0 unspecified atom stereocenters. The van der Waals surface area contributed by atoms with Gasteiger partial charge in [0, 0.05) is 5.56 Å². The Kier molecular flexibility index (Phi) is 5.94. The van der Waals surface area contributed by atoms with Crippen molar-refractivity contribution in [1.29, 1.82) is 0 Å². The second-order valence-electron chi connectivity index (χ2n) is 7.47. The van der Waals surface area contributed by atoms with Crippen LogP contribution in [0, 0.1) is 5.82 Å². The average molecular weight is 472 g/mol. The van der Waals surface area contributed by atoms with E-state index >= 15 is 0 Å². The normalized spacial score (nSPS) is 14.9. The first-order valence-electron chi connectivity index (χ1n) is 10.3. The molecule has 1 aliphatic rings. The average Bonchev–Trinajstić information content (AvgIpc) is 3.12. The second kappa shape index (κ2) is 9.17. The molecule has 0 spiro atoms. The third-order valence-electron chi connectivity index (χ3n) is 5.32. The van der Waals surface area contributed by atoms with Gasteiger partial charge in [-0.05, 0) is 52.7 Å². The van der Waals surface area contributed by atoms with E-state index in [-0.39, 0.29) is 18.3 Å². The first-order chi connectivity index (χ1) is 16.1. The lowest BCUT2D eigenvalue weighted by molar-refractivity contribution is -0.113. The Morgan fingerprint density at radius 3 is 2.42 bits per heavy atom. The summed E-state index contributed by atoms with van der Waals surface area (Å²) in [6.45, 7) is 0.282. The van der Waals surface area contributed by atoms with Gasteiger partial charge in [0.2, 0.25) is 0 Å². The zero-order valence-electron chi connectivity index (χ0n) is 17.4. The summed E-state index contributed by atoms with van der Waals surface area (Å²) in [6.07, 6.45) is 1.85. The number of carbonyl (C=O) groups excluding carboxylic acids is 1. The quantitative estimate of drug-likeness (QED) is 0.232. The molecule has 1 saturated heterocycles. The number of nitrogens with zero attached hydrogens (tertiary/aromatic N) is 1. The molecule has 33 heavy (non-hydrogen) atoms. The number of anilines is 1. The summed E-state index contributed by atoms with van der Waals surface area (Å²) >= 11 is 6.79. The SMILES string of the molecule is O=C1/C(=C/c2c(OCc3ccc(F)cc3)ccc3ccccc23)SC(=S)N1c1ccccc1. The van der Waals surface area contributed by atoms with Gasteiger partial charge in [0.1, 0.15) is 18.2 Å². The lowest BCUT2D eigenvalue weighted by Gasteiger charge is -2.14. The van der Waals surface area contributed by atoms with Crippen LogP contribution >= 0.6 is 24.0 Å². The van der Waals surface area contributed by atoms with Crippen LogP contribution in [0.3, 0.4) is 0 Å². The third kappa shape index (κ3) is 4.40. The van der Waals surface area contributed by atoms with Crippen LogP contribution in [0.4, 0.5) is 10.1 Å². The van der Waals surface area contributed by atoms with Crippen molar-refractivity contribution in [3.63, 3.8) is 0 Å². The second-order valence-corrected chi connectivity index (χ2v) is 9.14. The Labute approximate surface area is 200 Å². The smallest absolute Gasteiger partial charge is 0.270 e. The van der Waals surface area contributed by atoms with E-state index in [4.69, 9.17) is 17.0 Å². The fourth-order valence-electron chi connectivity index (χ4n) is 3.69. The van der Waals surface area contributed by atoms with Gasteiger partial charge in [-0.25, -0.2) is 4.39 Å². The molecular weight excluding hydrogens is 453 g/mol. The van der Waals surface area contributed by atoms with Crippen molar-refractivity contribution < 1.29 is 13.9 Å². The molecule has 0 aliphatic carbocycles. The summed E-state index contributed by atoms with van der Waals surface area (Å²) < 4.78 is 19.9. The van der Waals surface area contributed by atoms with Crippen LogP contribution in [0.5, 0.6) is 5.75 Å². The lowest BCUT2D eigenvalue weighted by atomic mass is 10.0. The number of carbonyl (C=O) groups is 1. The van der Waals surface area contributed by atoms with E-state index < -0.39 is 0 Å². The molecular formula is C27H18FNO2S2. The van der Waals surface area contributed by atoms with Gasteiger partial charge in [0.15, 0.2) is 4.32 Å². The Hall–Kier alpha value is -3.48. The van der Waals surface area contributed by atoms with Gasteiger partial charge in [-0.3, -0.25) is 9.69 Å². The largest absolute Gasteiger partial charge is 0.488 e. The monoisotopic (exact) mass is 471 g/mol. The molecule has 1 aliphatic heterocycles. The molecule has 0 N–H and O–H groups in total. The van der Waals surface area contributed by atoms with Crippen LogP contribution in [0.2, 0.25) is 0 Å². The summed E-state index contributed by atoms with van der Waals surface area (Å²) in [4.78, 5) is 15.3. The Morgan fingerprint density at radius 2 is 1.64 bits per heavy atom. The number of fused-ring (bicyclic) bond motifs is 1. The number of thioether (sulfide) groups is 1. The molecule has 4 aromatic rings. The summed E-state index contributed by atoms with van der Waals surface area (Å²) in [7, 11) is 0. The highest BCUT2D eigenvalue weighted by Crippen LogP contribution is 2.39. The Balaban J connectivity index is 1.53. The molecule has 0 aromatic heterocycles. The summed E-state index contributed by atoms with van der Waals surface area (Å²) in [5.74, 6) is 0.196. The molecule has 0 radical (unpaired) electrons. The molecule has 0 atom stereocenters. The molecule has 3 nitrogen and oxygen atoms in total. The highest BCUT2D eigenvalue weighted by atomic mass is 32.2. The van der Waals surface area contributed by atoms with Crippen molar-refractivity contribution in [2.75, 3.05) is 4.90 Å². The van der Waals surface area contributed by atoms with Gasteiger partial charge in [-0.15, -0.1) is 0 Å². The minimum absolute atomic E-state index is 0.159. The number of ether oxygens (including phenoxy) is 1. The van der Waals surface area contributed by atoms with Crippen molar-refractivity contribution in [2.45, 2.75) is 6.61 Å². The van der Waals surface area contributed by atoms with E-state index in [0.29, 0.717) is 15.0 Å². The van der Waals surface area contributed by atoms with E-state index in [1.807, 2.05) is 72.8 Å². The molecule has 6 heteroatoms. The number of thiocarbonyl (C=S) groups is 1. The van der Waals surface area contributed by atoms with Crippen molar-refractivity contribution in [3.05, 3.63) is 113 Å². The standard InChI is InChI=1S/C27H18FNO2S2/c28-20-13-10-18(11-14-20)17-31-24-15-12-19-6-4-5-9-22(19)23(24)16-25-26(30)29(27(32)33-25)21-7-2-1-3-8-21/h1-16H,17H2/b25-16-. The highest BCUT2D eigenvalue weighted by Gasteiger charge is 2.33. The topological polar surface area (TPSA) is 29.5 Å². The number of para-hydroxylation sites is 1. The molecule has 0 bridgehead atoms. The highest BCUT2D eigenvalue weighted by molar-refractivity contribution is 8.27. The van der Waals surface area contributed by atoms with E-state index in [1.54, 1.807) is 17.0 Å². The van der Waals surface area contributed by atoms with Crippen LogP contribution in [0.25, 0.3) is 16.8 Å². The van der Waals surface area contributed by atoms with E-state index in [2.05, 4.69) is 0 Å². The minimum Gasteiger partial charge on any atom is -0.488 e. The Bertz CT molecular complexity index is 1380. The van der Waals surface area contributed by atoms with Crippen LogP contribution in [0.15, 0.2) is 95.9 Å². The zero-order chi connectivity index (χ0) is 22.8. The molecule has 5 rings (SSSR count). The summed E-state index contributed by atoms with van der Waals surface area (Å²) in [6, 6.07) is 27.4. The minimum atomic E-state index is -0.286. The van der Waals surface area contributed by atoms with Crippen molar-refractivity contribution in [1.82, 2.24) is 0 Å². The summed E-state index contributed by atoms with van der Waals surface area (Å²) in [5, 5.41) is 2.01. The Morgan fingerprint density at radius 1 is 0.909 bits per heavy atom. The van der Waals surface area contributed by atoms with Gasteiger partial charge >= 0.3 is 0 Å². The van der Waals surface area contributed by atoms with Crippen molar-refractivity contribution in [2.24, 2.45) is 0 Å². The van der Waals surface area contributed by atoms with Gasteiger partial charge in [-0.2, -0.15) is 0 Å². The maximum absolute atomic E-state index is 13.3. The third-order valence-corrected chi connectivity index (χ3v) is 6.62. The first kappa shape index (κ1) is 21.4. The number of halogens is 1. The van der Waals surface area contributed by atoms with Crippen molar-refractivity contribution >= 4 is 56.7 Å². The number of hydrogen-bond acceptors (Lipinski definition) is 4. The number of amides is 1. The van der Waals surface area contributed by atoms with Crippen molar-refractivity contribution in [3.8, 4) is 5.75 Å². The van der Waals surface area contributed by atoms with Crippen LogP contribution in [0.1, 0.15) is 11.1 Å². The molecule has 4 aromatic carbocycles. The predicted octanol–water partition coefficient (Wildman–Crippen LogP) is 6.96. The fourth-order valence-corrected chi connectivity index (χ4v) is 4.97. The van der Waals surface area contributed by atoms with Crippen LogP contribution in [-0.4, -0.2) is 10.2 Å². The van der Waals surface area contributed by atoms with Gasteiger partial charge in [0.05, 0.1) is 10.6 Å². The zero-order valence-corrected chi connectivity index (χ0v) is 19.0. The maximum Gasteiger partial charge on any atom is 0.270 e. The first-order valence-corrected chi connectivity index (χ1v) is 11.5. The summed E-state index contributed by atoms with van der Waals surface area (Å²) in [5.41, 5.74) is 2.41. The van der Waals surface area contributed by atoms with E-state index in [9.17, 15) is 9.18 Å². The molecule has 0 saturated carbocycles. The molecule has 1 heterocycles. The lowest BCUT2D eigenvalue weighted by Crippen LogP contribution is -2.27. The van der Waals surface area contributed by atoms with Gasteiger partial charge in [-0.1, -0.05) is 84.6 Å². The maximum atomic E-state index is 13.3. The number of benzene rings is 4. The van der Waals surface area contributed by atoms with Crippen LogP contribution in [-0.2, 0) is 11.4 Å². The van der Waals surface area contributed by atoms with Crippen LogP contribution < -0.4 is 9.64 Å². The van der Waals surface area contributed by atoms with E-state index in [1.165, 1.54) is 23.9 Å². The predicted molar refractivity (Wildman–Crippen MR) is 137 cm³/mol. The molecule has 1 amide bonds. The van der Waals surface area contributed by atoms with Gasteiger partial charge in [0.25, 0.3) is 5.91 Å². The fraction of sp³-hybridized carbons (Fsp3) is 0.0370. The van der Waals surface area contributed by atoms with Gasteiger partial charge < -0.3 is 4.74 Å². The number of rotatable bonds is 5.